The molecule has 3 aliphatic heterocycles. The zero-order chi connectivity index (χ0) is 18.9. The van der Waals surface area contributed by atoms with Crippen LogP contribution in [-0.2, 0) is 16.0 Å². The van der Waals surface area contributed by atoms with Gasteiger partial charge in [-0.2, -0.15) is 0 Å². The fraction of sp³-hybridized carbons (Fsp3) is 0.636. The molecule has 3 saturated heterocycles. The third kappa shape index (κ3) is 3.62. The predicted molar refractivity (Wildman–Crippen MR) is 105 cm³/mol. The fourth-order valence-corrected chi connectivity index (χ4v) is 5.29. The number of amides is 2. The molecule has 4 rings (SSSR count). The molecule has 5 nitrogen and oxygen atoms in total. The molecule has 0 unspecified atom stereocenters. The van der Waals surface area contributed by atoms with Crippen LogP contribution in [0, 0.1) is 11.3 Å². The quantitative estimate of drug-likeness (QED) is 0.798. The Morgan fingerprint density at radius 3 is 2.52 bits per heavy atom. The third-order valence-corrected chi connectivity index (χ3v) is 6.65. The van der Waals surface area contributed by atoms with Crippen LogP contribution in [0.4, 0.5) is 0 Å². The summed E-state index contributed by atoms with van der Waals surface area (Å²) in [6, 6.07) is 10.3. The smallest absolute Gasteiger partial charge is 0.232 e. The van der Waals surface area contributed by atoms with Crippen LogP contribution in [0.15, 0.2) is 30.3 Å². The molecule has 0 N–H and O–H groups in total. The molecule has 0 bridgehead atoms. The van der Waals surface area contributed by atoms with E-state index in [0.29, 0.717) is 18.9 Å². The van der Waals surface area contributed by atoms with Crippen LogP contribution < -0.4 is 0 Å². The summed E-state index contributed by atoms with van der Waals surface area (Å²) in [6.45, 7) is 4.86. The Balaban J connectivity index is 1.37. The lowest BCUT2D eigenvalue weighted by Crippen LogP contribution is -2.48. The summed E-state index contributed by atoms with van der Waals surface area (Å²) in [4.78, 5) is 32.5. The molecule has 3 aliphatic rings. The predicted octanol–water partition coefficient (Wildman–Crippen LogP) is 2.02. The van der Waals surface area contributed by atoms with Gasteiger partial charge in [-0.25, -0.2) is 0 Å². The van der Waals surface area contributed by atoms with Crippen molar-refractivity contribution in [3.8, 4) is 0 Å². The summed E-state index contributed by atoms with van der Waals surface area (Å²) in [7, 11) is 2.10. The monoisotopic (exact) mass is 369 g/mol. The van der Waals surface area contributed by atoms with Crippen LogP contribution in [0.1, 0.15) is 31.2 Å². The van der Waals surface area contributed by atoms with Gasteiger partial charge in [0.05, 0.1) is 5.41 Å². The lowest BCUT2D eigenvalue weighted by molar-refractivity contribution is -0.141. The number of benzene rings is 1. The van der Waals surface area contributed by atoms with Crippen molar-refractivity contribution in [1.29, 1.82) is 0 Å². The van der Waals surface area contributed by atoms with E-state index in [4.69, 9.17) is 0 Å². The minimum absolute atomic E-state index is 0.219. The Bertz CT molecular complexity index is 686. The highest BCUT2D eigenvalue weighted by Gasteiger charge is 2.58. The van der Waals surface area contributed by atoms with Crippen molar-refractivity contribution in [2.75, 3.05) is 46.3 Å². The highest BCUT2D eigenvalue weighted by atomic mass is 16.2. The molecule has 2 atom stereocenters. The number of hydrogen-bond acceptors (Lipinski definition) is 3. The van der Waals surface area contributed by atoms with Crippen molar-refractivity contribution in [2.45, 2.75) is 32.1 Å². The molecular formula is C22H31N3O2. The molecule has 5 heteroatoms. The van der Waals surface area contributed by atoms with E-state index in [2.05, 4.69) is 29.0 Å². The first-order chi connectivity index (χ1) is 13.1. The fourth-order valence-electron chi connectivity index (χ4n) is 5.29. The zero-order valence-corrected chi connectivity index (χ0v) is 16.4. The van der Waals surface area contributed by atoms with Crippen LogP contribution in [0.25, 0.3) is 0 Å². The van der Waals surface area contributed by atoms with E-state index in [1.54, 1.807) is 0 Å². The van der Waals surface area contributed by atoms with E-state index in [0.717, 1.165) is 58.4 Å². The maximum absolute atomic E-state index is 13.3. The van der Waals surface area contributed by atoms with E-state index >= 15 is 0 Å². The molecule has 146 valence electrons. The van der Waals surface area contributed by atoms with Crippen LogP contribution in [-0.4, -0.2) is 72.8 Å². The first kappa shape index (κ1) is 18.5. The molecule has 1 aromatic rings. The lowest BCUT2D eigenvalue weighted by atomic mass is 9.79. The number of nitrogens with zero attached hydrogens (tertiary/aromatic N) is 3. The minimum Gasteiger partial charge on any atom is -0.342 e. The number of carbonyl (C=O) groups is 2. The number of aryl methyl sites for hydroxylation is 1. The van der Waals surface area contributed by atoms with Crippen molar-refractivity contribution in [1.82, 2.24) is 14.7 Å². The molecule has 0 saturated carbocycles. The molecule has 0 aliphatic carbocycles. The molecular weight excluding hydrogens is 338 g/mol. The topological polar surface area (TPSA) is 43.9 Å². The van der Waals surface area contributed by atoms with Gasteiger partial charge in [0.2, 0.25) is 11.8 Å². The van der Waals surface area contributed by atoms with E-state index in [9.17, 15) is 9.59 Å². The lowest BCUT2D eigenvalue weighted by Gasteiger charge is -2.32. The first-order valence-electron chi connectivity index (χ1n) is 10.4. The van der Waals surface area contributed by atoms with Crippen LogP contribution in [0.2, 0.25) is 0 Å². The van der Waals surface area contributed by atoms with Crippen molar-refractivity contribution >= 4 is 11.8 Å². The second-order valence-electron chi connectivity index (χ2n) is 8.66. The maximum atomic E-state index is 13.3. The van der Waals surface area contributed by atoms with Gasteiger partial charge in [0.25, 0.3) is 0 Å². The second-order valence-corrected chi connectivity index (χ2v) is 8.66. The number of rotatable bonds is 5. The Labute approximate surface area is 162 Å². The summed E-state index contributed by atoms with van der Waals surface area (Å²) in [6.07, 6.45) is 4.61. The molecule has 3 heterocycles. The Morgan fingerprint density at radius 2 is 1.78 bits per heavy atom. The molecule has 3 fully saturated rings. The van der Waals surface area contributed by atoms with Crippen molar-refractivity contribution in [3.63, 3.8) is 0 Å². The summed E-state index contributed by atoms with van der Waals surface area (Å²) >= 11 is 0. The maximum Gasteiger partial charge on any atom is 0.232 e. The van der Waals surface area contributed by atoms with E-state index in [1.807, 2.05) is 23.1 Å². The molecule has 0 radical (unpaired) electrons. The molecule has 2 amide bonds. The highest BCUT2D eigenvalue weighted by Crippen LogP contribution is 2.44. The van der Waals surface area contributed by atoms with Crippen molar-refractivity contribution in [3.05, 3.63) is 35.9 Å². The van der Waals surface area contributed by atoms with Crippen LogP contribution >= 0.6 is 0 Å². The van der Waals surface area contributed by atoms with Gasteiger partial charge in [-0.15, -0.1) is 0 Å². The number of fused-ring (bicyclic) bond motifs is 1. The average Bonchev–Trinajstić information content (AvgIpc) is 3.36. The molecule has 27 heavy (non-hydrogen) atoms. The number of carbonyl (C=O) groups excluding carboxylic acids is 2. The third-order valence-electron chi connectivity index (χ3n) is 6.65. The Hall–Kier alpha value is -1.88. The number of likely N-dealkylation sites (tertiary alicyclic amines) is 3. The SMILES string of the molecule is CN1C[C@H]2CN(C(=O)CCCc3ccccc3)C[C@@]2(C(=O)N2CCCC2)C1. The summed E-state index contributed by atoms with van der Waals surface area (Å²) in [5.41, 5.74) is 0.916. The number of hydrogen-bond donors (Lipinski definition) is 0. The van der Waals surface area contributed by atoms with Crippen LogP contribution in [0.3, 0.4) is 0 Å². The summed E-state index contributed by atoms with van der Waals surface area (Å²) in [5.74, 6) is 0.805. The molecule has 0 aromatic heterocycles. The molecule has 0 spiro atoms. The second kappa shape index (κ2) is 7.63. The van der Waals surface area contributed by atoms with Crippen molar-refractivity contribution < 1.29 is 9.59 Å². The largest absolute Gasteiger partial charge is 0.342 e. The highest BCUT2D eigenvalue weighted by molar-refractivity contribution is 5.87. The Morgan fingerprint density at radius 1 is 1.04 bits per heavy atom. The zero-order valence-electron chi connectivity index (χ0n) is 16.4. The van der Waals surface area contributed by atoms with Gasteiger partial charge in [0, 0.05) is 51.6 Å². The standard InChI is InChI=1S/C22H31N3O2/c1-23-14-19-15-25(20(26)11-7-10-18-8-3-2-4-9-18)17-22(19,16-23)21(27)24-12-5-6-13-24/h2-4,8-9,19H,5-7,10-17H2,1H3/t19-,22-/m0/s1. The van der Waals surface area contributed by atoms with Gasteiger partial charge in [-0.3, -0.25) is 9.59 Å². The van der Waals surface area contributed by atoms with Gasteiger partial charge in [0.1, 0.15) is 0 Å². The summed E-state index contributed by atoms with van der Waals surface area (Å²) < 4.78 is 0. The van der Waals surface area contributed by atoms with E-state index < -0.39 is 0 Å². The van der Waals surface area contributed by atoms with Gasteiger partial charge in [-0.1, -0.05) is 30.3 Å². The van der Waals surface area contributed by atoms with Gasteiger partial charge >= 0.3 is 0 Å². The van der Waals surface area contributed by atoms with Gasteiger partial charge in [-0.05, 0) is 38.3 Å². The van der Waals surface area contributed by atoms with E-state index in [1.165, 1.54) is 5.56 Å². The minimum atomic E-state index is -0.367. The van der Waals surface area contributed by atoms with E-state index in [-0.39, 0.29) is 17.2 Å². The molecule has 1 aromatic carbocycles. The first-order valence-corrected chi connectivity index (χ1v) is 10.4. The normalized spacial score (nSPS) is 28.0. The van der Waals surface area contributed by atoms with Gasteiger partial charge < -0.3 is 14.7 Å². The van der Waals surface area contributed by atoms with Crippen molar-refractivity contribution in [2.24, 2.45) is 11.3 Å². The summed E-state index contributed by atoms with van der Waals surface area (Å²) in [5, 5.41) is 0. The van der Waals surface area contributed by atoms with Gasteiger partial charge in [0.15, 0.2) is 0 Å². The Kier molecular flexibility index (Phi) is 5.22. The van der Waals surface area contributed by atoms with Crippen LogP contribution in [0.5, 0.6) is 0 Å². The average molecular weight is 370 g/mol.